The maximum absolute atomic E-state index is 9.64. The summed E-state index contributed by atoms with van der Waals surface area (Å²) in [6.07, 6.45) is 8.86. The number of nitrogens with zero attached hydrogens (tertiary/aromatic N) is 1. The van der Waals surface area contributed by atoms with E-state index in [-0.39, 0.29) is 12.1 Å². The van der Waals surface area contributed by atoms with E-state index in [1.54, 1.807) is 0 Å². The standard InChI is InChI=1S/C17H34N2O/c1-4-17(5-2)10-12-19(13-17)11-6-9-16(3,14-20)18-15-7-8-15/h15,18,20H,4-14H2,1-3H3. The van der Waals surface area contributed by atoms with Crippen LogP contribution in [0.5, 0.6) is 0 Å². The SMILES string of the molecule is CCC1(CC)CCN(CCCC(C)(CO)NC2CC2)C1. The summed E-state index contributed by atoms with van der Waals surface area (Å²) in [5, 5.41) is 13.2. The highest BCUT2D eigenvalue weighted by Gasteiger charge is 2.35. The van der Waals surface area contributed by atoms with Gasteiger partial charge >= 0.3 is 0 Å². The first-order valence-corrected chi connectivity index (χ1v) is 8.66. The maximum Gasteiger partial charge on any atom is 0.0610 e. The van der Waals surface area contributed by atoms with E-state index in [0.29, 0.717) is 11.5 Å². The van der Waals surface area contributed by atoms with Gasteiger partial charge in [0.05, 0.1) is 6.61 Å². The smallest absolute Gasteiger partial charge is 0.0610 e. The van der Waals surface area contributed by atoms with Crippen LogP contribution in [0.3, 0.4) is 0 Å². The van der Waals surface area contributed by atoms with Crippen LogP contribution in [0.4, 0.5) is 0 Å². The van der Waals surface area contributed by atoms with E-state index in [0.717, 1.165) is 6.42 Å². The second kappa shape index (κ2) is 6.76. The van der Waals surface area contributed by atoms with E-state index in [4.69, 9.17) is 0 Å². The van der Waals surface area contributed by atoms with Gasteiger partial charge < -0.3 is 15.3 Å². The molecule has 3 heteroatoms. The lowest BCUT2D eigenvalue weighted by Gasteiger charge is -2.30. The summed E-state index contributed by atoms with van der Waals surface area (Å²) in [4.78, 5) is 2.64. The first kappa shape index (κ1) is 16.3. The molecular formula is C17H34N2O. The fourth-order valence-corrected chi connectivity index (χ4v) is 3.66. The lowest BCUT2D eigenvalue weighted by molar-refractivity contribution is 0.155. The Balaban J connectivity index is 1.70. The summed E-state index contributed by atoms with van der Waals surface area (Å²) < 4.78 is 0. The quantitative estimate of drug-likeness (QED) is 0.682. The predicted molar refractivity (Wildman–Crippen MR) is 85.0 cm³/mol. The maximum atomic E-state index is 9.64. The highest BCUT2D eigenvalue weighted by Crippen LogP contribution is 2.37. The van der Waals surface area contributed by atoms with Gasteiger partial charge in [-0.25, -0.2) is 0 Å². The lowest BCUT2D eigenvalue weighted by atomic mass is 9.82. The third-order valence-electron chi connectivity index (χ3n) is 5.70. The molecule has 0 aromatic carbocycles. The Morgan fingerprint density at radius 3 is 2.50 bits per heavy atom. The minimum Gasteiger partial charge on any atom is -0.394 e. The topological polar surface area (TPSA) is 35.5 Å². The van der Waals surface area contributed by atoms with Crippen LogP contribution >= 0.6 is 0 Å². The Morgan fingerprint density at radius 1 is 1.30 bits per heavy atom. The fraction of sp³-hybridized carbons (Fsp3) is 1.00. The molecule has 0 aromatic rings. The fourth-order valence-electron chi connectivity index (χ4n) is 3.66. The number of likely N-dealkylation sites (tertiary alicyclic amines) is 1. The Bertz CT molecular complexity index is 299. The molecule has 3 nitrogen and oxygen atoms in total. The number of aliphatic hydroxyl groups excluding tert-OH is 1. The average molecular weight is 282 g/mol. The van der Waals surface area contributed by atoms with Gasteiger partial charge in [-0.2, -0.15) is 0 Å². The van der Waals surface area contributed by atoms with E-state index < -0.39 is 0 Å². The molecule has 1 aliphatic heterocycles. The van der Waals surface area contributed by atoms with Crippen molar-refractivity contribution in [3.63, 3.8) is 0 Å². The van der Waals surface area contributed by atoms with Crippen molar-refractivity contribution >= 4 is 0 Å². The second-order valence-electron chi connectivity index (χ2n) is 7.47. The highest BCUT2D eigenvalue weighted by atomic mass is 16.3. The summed E-state index contributed by atoms with van der Waals surface area (Å²) in [5.74, 6) is 0. The van der Waals surface area contributed by atoms with Gasteiger partial charge in [0.15, 0.2) is 0 Å². The van der Waals surface area contributed by atoms with Gasteiger partial charge in [0.25, 0.3) is 0 Å². The van der Waals surface area contributed by atoms with Gasteiger partial charge in [-0.3, -0.25) is 0 Å². The number of hydrogen-bond acceptors (Lipinski definition) is 3. The van der Waals surface area contributed by atoms with E-state index >= 15 is 0 Å². The minimum atomic E-state index is -0.0620. The molecule has 20 heavy (non-hydrogen) atoms. The van der Waals surface area contributed by atoms with E-state index in [1.807, 2.05) is 0 Å². The van der Waals surface area contributed by atoms with Gasteiger partial charge in [-0.1, -0.05) is 13.8 Å². The number of aliphatic hydroxyl groups is 1. The largest absolute Gasteiger partial charge is 0.394 e. The molecular weight excluding hydrogens is 248 g/mol. The second-order valence-corrected chi connectivity index (χ2v) is 7.47. The summed E-state index contributed by atoms with van der Waals surface area (Å²) >= 11 is 0. The average Bonchev–Trinajstić information content (AvgIpc) is 3.17. The van der Waals surface area contributed by atoms with Gasteiger partial charge in [-0.05, 0) is 70.4 Å². The zero-order chi connectivity index (χ0) is 14.6. The molecule has 0 aromatic heterocycles. The summed E-state index contributed by atoms with van der Waals surface area (Å²) in [6.45, 7) is 10.9. The molecule has 1 aliphatic carbocycles. The summed E-state index contributed by atoms with van der Waals surface area (Å²) in [7, 11) is 0. The van der Waals surface area contributed by atoms with Crippen molar-refractivity contribution in [2.24, 2.45) is 5.41 Å². The van der Waals surface area contributed by atoms with Gasteiger partial charge in [0, 0.05) is 18.1 Å². The third kappa shape index (κ3) is 4.19. The molecule has 1 atom stereocenters. The molecule has 2 fully saturated rings. The zero-order valence-corrected chi connectivity index (χ0v) is 13.7. The molecule has 2 rings (SSSR count). The predicted octanol–water partition coefficient (Wildman–Crippen LogP) is 2.78. The Kier molecular flexibility index (Phi) is 5.49. The van der Waals surface area contributed by atoms with E-state index in [1.165, 1.54) is 58.2 Å². The summed E-state index contributed by atoms with van der Waals surface area (Å²) in [5.41, 5.74) is 0.528. The molecule has 0 radical (unpaired) electrons. The monoisotopic (exact) mass is 282 g/mol. The Morgan fingerprint density at radius 2 is 2.00 bits per heavy atom. The number of nitrogens with one attached hydrogen (secondary N) is 1. The van der Waals surface area contributed by atoms with Crippen molar-refractivity contribution in [1.82, 2.24) is 10.2 Å². The van der Waals surface area contributed by atoms with Crippen molar-refractivity contribution in [3.8, 4) is 0 Å². The van der Waals surface area contributed by atoms with Crippen LogP contribution < -0.4 is 5.32 Å². The van der Waals surface area contributed by atoms with E-state index in [9.17, 15) is 5.11 Å². The third-order valence-corrected chi connectivity index (χ3v) is 5.70. The molecule has 118 valence electrons. The van der Waals surface area contributed by atoms with Crippen molar-refractivity contribution < 1.29 is 5.11 Å². The van der Waals surface area contributed by atoms with Gasteiger partial charge in [0.1, 0.15) is 0 Å². The molecule has 0 amide bonds. The molecule has 0 spiro atoms. The molecule has 1 heterocycles. The number of rotatable bonds is 9. The summed E-state index contributed by atoms with van der Waals surface area (Å²) in [6, 6.07) is 0.673. The van der Waals surface area contributed by atoms with Crippen LogP contribution in [0.1, 0.15) is 65.7 Å². The van der Waals surface area contributed by atoms with Crippen LogP contribution in [-0.4, -0.2) is 47.8 Å². The Hall–Kier alpha value is -0.120. The Labute approximate surface area is 125 Å². The number of hydrogen-bond donors (Lipinski definition) is 2. The minimum absolute atomic E-state index is 0.0620. The van der Waals surface area contributed by atoms with E-state index in [2.05, 4.69) is 31.0 Å². The highest BCUT2D eigenvalue weighted by molar-refractivity contribution is 4.93. The van der Waals surface area contributed by atoms with Gasteiger partial charge in [-0.15, -0.1) is 0 Å². The first-order valence-electron chi connectivity index (χ1n) is 8.66. The van der Waals surface area contributed by atoms with Crippen molar-refractivity contribution in [1.29, 1.82) is 0 Å². The van der Waals surface area contributed by atoms with Crippen molar-refractivity contribution in [2.75, 3.05) is 26.2 Å². The molecule has 1 saturated heterocycles. The van der Waals surface area contributed by atoms with Crippen LogP contribution in [0, 0.1) is 5.41 Å². The molecule has 1 saturated carbocycles. The van der Waals surface area contributed by atoms with Crippen molar-refractivity contribution in [3.05, 3.63) is 0 Å². The van der Waals surface area contributed by atoms with Crippen LogP contribution in [0.25, 0.3) is 0 Å². The zero-order valence-electron chi connectivity index (χ0n) is 13.7. The normalized spacial score (nSPS) is 25.8. The van der Waals surface area contributed by atoms with Crippen LogP contribution in [0.15, 0.2) is 0 Å². The molecule has 1 unspecified atom stereocenters. The van der Waals surface area contributed by atoms with Crippen LogP contribution in [0.2, 0.25) is 0 Å². The first-order chi connectivity index (χ1) is 9.55. The molecule has 0 bridgehead atoms. The van der Waals surface area contributed by atoms with Crippen LogP contribution in [-0.2, 0) is 0 Å². The molecule has 2 N–H and O–H groups in total. The molecule has 2 aliphatic rings. The lowest BCUT2D eigenvalue weighted by Crippen LogP contribution is -2.47. The van der Waals surface area contributed by atoms with Gasteiger partial charge in [0.2, 0.25) is 0 Å². The van der Waals surface area contributed by atoms with Crippen molar-refractivity contribution in [2.45, 2.75) is 77.3 Å².